The Morgan fingerprint density at radius 3 is 1.33 bits per heavy atom. The van der Waals surface area contributed by atoms with Crippen molar-refractivity contribution in [1.29, 1.82) is 0 Å². The highest BCUT2D eigenvalue weighted by Crippen LogP contribution is 2.49. The summed E-state index contributed by atoms with van der Waals surface area (Å²) in [5, 5.41) is 0. The van der Waals surface area contributed by atoms with Crippen LogP contribution in [0.25, 0.3) is 0 Å². The molecule has 0 N–H and O–H groups in total. The first-order valence-electron chi connectivity index (χ1n) is 10.9. The van der Waals surface area contributed by atoms with Crippen molar-refractivity contribution in [1.82, 2.24) is 0 Å². The third-order valence-electron chi connectivity index (χ3n) is 4.78. The van der Waals surface area contributed by atoms with Gasteiger partial charge in [-0.15, -0.1) is 0 Å². The molecule has 0 heterocycles. The van der Waals surface area contributed by atoms with Crippen LogP contribution in [0.1, 0.15) is 117 Å². The first-order chi connectivity index (χ1) is 11.7. The van der Waals surface area contributed by atoms with Gasteiger partial charge in [-0.25, -0.2) is 0 Å². The standard InChI is InChI=1S/C21H45O2P/c1-4-7-10-13-16-19-23-24(22,20-17-14-11-8-5-2)21-18-15-12-9-6-3/h4-21H2,1-3H3. The van der Waals surface area contributed by atoms with Gasteiger partial charge in [0.1, 0.15) is 0 Å². The first kappa shape index (κ1) is 24.2. The molecule has 0 unspecified atom stereocenters. The second-order valence-electron chi connectivity index (χ2n) is 7.34. The van der Waals surface area contributed by atoms with E-state index in [4.69, 9.17) is 4.52 Å². The van der Waals surface area contributed by atoms with Gasteiger partial charge in [-0.2, -0.15) is 0 Å². The molecule has 146 valence electrons. The van der Waals surface area contributed by atoms with Crippen LogP contribution in [0.15, 0.2) is 0 Å². The molecule has 0 atom stereocenters. The average molecular weight is 361 g/mol. The van der Waals surface area contributed by atoms with Gasteiger partial charge in [0.25, 0.3) is 0 Å². The summed E-state index contributed by atoms with van der Waals surface area (Å²) in [5.41, 5.74) is 0. The Morgan fingerprint density at radius 1 is 0.542 bits per heavy atom. The quantitative estimate of drug-likeness (QED) is 0.171. The number of unbranched alkanes of at least 4 members (excludes halogenated alkanes) is 12. The summed E-state index contributed by atoms with van der Waals surface area (Å²) in [6.07, 6.45) is 20.1. The second kappa shape index (κ2) is 18.0. The number of hydrogen-bond acceptors (Lipinski definition) is 2. The van der Waals surface area contributed by atoms with Crippen molar-refractivity contribution in [3.05, 3.63) is 0 Å². The highest BCUT2D eigenvalue weighted by Gasteiger charge is 2.21. The van der Waals surface area contributed by atoms with Gasteiger partial charge in [0.15, 0.2) is 0 Å². The van der Waals surface area contributed by atoms with Gasteiger partial charge in [0.05, 0.1) is 6.61 Å². The van der Waals surface area contributed by atoms with Gasteiger partial charge >= 0.3 is 0 Å². The van der Waals surface area contributed by atoms with E-state index >= 15 is 0 Å². The van der Waals surface area contributed by atoms with Crippen LogP contribution >= 0.6 is 7.37 Å². The Kier molecular flexibility index (Phi) is 18.1. The molecule has 24 heavy (non-hydrogen) atoms. The zero-order valence-electron chi connectivity index (χ0n) is 17.0. The summed E-state index contributed by atoms with van der Waals surface area (Å²) >= 11 is 0. The molecule has 0 saturated carbocycles. The molecule has 0 aliphatic carbocycles. The molecule has 0 aromatic heterocycles. The molecule has 0 fully saturated rings. The molecular weight excluding hydrogens is 315 g/mol. The largest absolute Gasteiger partial charge is 0.328 e. The average Bonchev–Trinajstić information content (AvgIpc) is 2.58. The summed E-state index contributed by atoms with van der Waals surface area (Å²) in [4.78, 5) is 0. The summed E-state index contributed by atoms with van der Waals surface area (Å²) in [6.45, 7) is 7.43. The Balaban J connectivity index is 4.03. The van der Waals surface area contributed by atoms with Crippen LogP contribution in [0.3, 0.4) is 0 Å². The lowest BCUT2D eigenvalue weighted by Crippen LogP contribution is -2.03. The van der Waals surface area contributed by atoms with E-state index in [1.165, 1.54) is 77.0 Å². The SMILES string of the molecule is CCCCCCCOP(=O)(CCCCCCC)CCCCCCC. The highest BCUT2D eigenvalue weighted by molar-refractivity contribution is 7.58. The van der Waals surface area contributed by atoms with Crippen LogP contribution in [0.4, 0.5) is 0 Å². The minimum absolute atomic E-state index is 0.713. The smallest absolute Gasteiger partial charge is 0.203 e. The van der Waals surface area contributed by atoms with E-state index in [-0.39, 0.29) is 0 Å². The van der Waals surface area contributed by atoms with Crippen molar-refractivity contribution < 1.29 is 9.09 Å². The highest BCUT2D eigenvalue weighted by atomic mass is 31.2. The predicted octanol–water partition coefficient (Wildman–Crippen LogP) is 8.19. The van der Waals surface area contributed by atoms with Crippen molar-refractivity contribution in [2.75, 3.05) is 18.9 Å². The fraction of sp³-hybridized carbons (Fsp3) is 1.00. The normalized spacial score (nSPS) is 12.0. The van der Waals surface area contributed by atoms with Crippen molar-refractivity contribution in [3.8, 4) is 0 Å². The van der Waals surface area contributed by atoms with E-state index in [0.717, 1.165) is 31.6 Å². The van der Waals surface area contributed by atoms with E-state index in [2.05, 4.69) is 20.8 Å². The predicted molar refractivity (Wildman–Crippen MR) is 110 cm³/mol. The molecule has 2 nitrogen and oxygen atoms in total. The third kappa shape index (κ3) is 15.7. The van der Waals surface area contributed by atoms with Gasteiger partial charge in [-0.3, -0.25) is 4.57 Å². The molecule has 0 aliphatic rings. The molecule has 3 heteroatoms. The van der Waals surface area contributed by atoms with Crippen LogP contribution in [-0.2, 0) is 9.09 Å². The van der Waals surface area contributed by atoms with Gasteiger partial charge in [0, 0.05) is 12.3 Å². The maximum absolute atomic E-state index is 13.1. The molecule has 0 aromatic carbocycles. The van der Waals surface area contributed by atoms with Crippen LogP contribution in [0, 0.1) is 0 Å². The van der Waals surface area contributed by atoms with Crippen LogP contribution in [0.2, 0.25) is 0 Å². The summed E-state index contributed by atoms with van der Waals surface area (Å²) in [6, 6.07) is 0. The monoisotopic (exact) mass is 360 g/mol. The summed E-state index contributed by atoms with van der Waals surface area (Å²) in [7, 11) is -2.37. The summed E-state index contributed by atoms with van der Waals surface area (Å²) in [5.74, 6) is 0. The Morgan fingerprint density at radius 2 is 0.917 bits per heavy atom. The van der Waals surface area contributed by atoms with Crippen LogP contribution in [-0.4, -0.2) is 18.9 Å². The molecule has 0 saturated heterocycles. The lowest BCUT2D eigenvalue weighted by atomic mass is 10.2. The molecular formula is C21H45O2P. The summed E-state index contributed by atoms with van der Waals surface area (Å²) < 4.78 is 19.1. The minimum Gasteiger partial charge on any atom is -0.328 e. The topological polar surface area (TPSA) is 26.3 Å². The molecule has 0 aromatic rings. The van der Waals surface area contributed by atoms with E-state index in [1.807, 2.05) is 0 Å². The zero-order chi connectivity index (χ0) is 17.9. The van der Waals surface area contributed by atoms with Gasteiger partial charge in [-0.05, 0) is 19.3 Å². The van der Waals surface area contributed by atoms with Crippen LogP contribution in [0.5, 0.6) is 0 Å². The Labute approximate surface area is 153 Å². The maximum Gasteiger partial charge on any atom is 0.203 e. The lowest BCUT2D eigenvalue weighted by Gasteiger charge is -2.19. The van der Waals surface area contributed by atoms with E-state index in [9.17, 15) is 4.57 Å². The van der Waals surface area contributed by atoms with Crippen molar-refractivity contribution in [3.63, 3.8) is 0 Å². The first-order valence-corrected chi connectivity index (χ1v) is 12.9. The zero-order valence-corrected chi connectivity index (χ0v) is 17.9. The Hall–Kier alpha value is 0.190. The van der Waals surface area contributed by atoms with E-state index in [0.29, 0.717) is 6.61 Å². The van der Waals surface area contributed by atoms with Gasteiger partial charge in [-0.1, -0.05) is 97.8 Å². The maximum atomic E-state index is 13.1. The fourth-order valence-electron chi connectivity index (χ4n) is 3.09. The molecule has 0 bridgehead atoms. The van der Waals surface area contributed by atoms with Gasteiger partial charge in [0.2, 0.25) is 7.37 Å². The minimum atomic E-state index is -2.37. The van der Waals surface area contributed by atoms with E-state index < -0.39 is 7.37 Å². The van der Waals surface area contributed by atoms with Crippen molar-refractivity contribution >= 4 is 7.37 Å². The molecule has 0 spiro atoms. The molecule has 0 aliphatic heterocycles. The van der Waals surface area contributed by atoms with Gasteiger partial charge < -0.3 is 4.52 Å². The van der Waals surface area contributed by atoms with E-state index in [1.54, 1.807) is 0 Å². The number of hydrogen-bond donors (Lipinski definition) is 0. The van der Waals surface area contributed by atoms with Crippen LogP contribution < -0.4 is 0 Å². The molecule has 0 amide bonds. The Bertz CT molecular complexity index is 274. The lowest BCUT2D eigenvalue weighted by molar-refractivity contribution is 0.300. The molecule has 0 rings (SSSR count). The van der Waals surface area contributed by atoms with Crippen molar-refractivity contribution in [2.45, 2.75) is 117 Å². The second-order valence-corrected chi connectivity index (χ2v) is 10.1. The van der Waals surface area contributed by atoms with Crippen molar-refractivity contribution in [2.24, 2.45) is 0 Å². The molecule has 0 radical (unpaired) electrons. The number of rotatable bonds is 19. The fourth-order valence-corrected chi connectivity index (χ4v) is 5.44. The third-order valence-corrected chi connectivity index (χ3v) is 7.43.